The van der Waals surface area contributed by atoms with Crippen molar-refractivity contribution in [2.45, 2.75) is 12.6 Å². The summed E-state index contributed by atoms with van der Waals surface area (Å²) in [6.07, 6.45) is 0. The summed E-state index contributed by atoms with van der Waals surface area (Å²) < 4.78 is 12.9. The molecule has 0 spiro atoms. The zero-order valence-corrected chi connectivity index (χ0v) is 18.8. The van der Waals surface area contributed by atoms with Gasteiger partial charge in [0.2, 0.25) is 6.79 Å². The van der Waals surface area contributed by atoms with Crippen molar-refractivity contribution < 1.29 is 9.47 Å². The van der Waals surface area contributed by atoms with E-state index in [0.717, 1.165) is 49.1 Å². The van der Waals surface area contributed by atoms with Crippen molar-refractivity contribution in [3.8, 4) is 11.5 Å². The second-order valence-electron chi connectivity index (χ2n) is 8.55. The van der Waals surface area contributed by atoms with Gasteiger partial charge in [0.1, 0.15) is 0 Å². The van der Waals surface area contributed by atoms with Crippen molar-refractivity contribution in [2.24, 2.45) is 0 Å². The fourth-order valence-electron chi connectivity index (χ4n) is 4.77. The summed E-state index contributed by atoms with van der Waals surface area (Å²) in [4.78, 5) is 4.92. The molecule has 172 valence electrons. The first-order chi connectivity index (χ1) is 16.8. The topological polar surface area (TPSA) is 68.5 Å². The third kappa shape index (κ3) is 4.08. The van der Waals surface area contributed by atoms with Crippen molar-refractivity contribution in [3.05, 3.63) is 95.8 Å². The molecule has 1 fully saturated rings. The van der Waals surface area contributed by atoms with E-state index < -0.39 is 0 Å². The maximum Gasteiger partial charge on any atom is 0.231 e. The molecule has 1 aromatic heterocycles. The number of hydrogen-bond acceptors (Lipinski definition) is 7. The van der Waals surface area contributed by atoms with E-state index in [4.69, 9.17) is 9.47 Å². The first-order valence-corrected chi connectivity index (χ1v) is 11.6. The first kappa shape index (κ1) is 20.7. The predicted molar refractivity (Wildman–Crippen MR) is 128 cm³/mol. The van der Waals surface area contributed by atoms with Crippen molar-refractivity contribution in [1.82, 2.24) is 25.1 Å². The highest BCUT2D eigenvalue weighted by Gasteiger charge is 2.30. The van der Waals surface area contributed by atoms with E-state index in [9.17, 15) is 0 Å². The highest BCUT2D eigenvalue weighted by atomic mass is 16.7. The summed E-state index contributed by atoms with van der Waals surface area (Å²) in [7, 11) is 0. The van der Waals surface area contributed by atoms with Gasteiger partial charge in [-0.05, 0) is 45.8 Å². The van der Waals surface area contributed by atoms with Crippen LogP contribution in [0.4, 0.5) is 5.69 Å². The smallest absolute Gasteiger partial charge is 0.231 e. The van der Waals surface area contributed by atoms with Gasteiger partial charge in [-0.1, -0.05) is 54.6 Å². The standard InChI is InChI=1S/C26H26N6O2/c1-3-7-21(8-4-1)25(31-15-13-30(14-16-31)22-9-5-2-6-10-22)26-27-28-29-32(26)18-20-11-12-23-24(17-20)34-19-33-23/h1-12,17,25H,13-16,18-19H2/t25-/m0/s1. The van der Waals surface area contributed by atoms with Crippen LogP contribution in [-0.4, -0.2) is 58.1 Å². The van der Waals surface area contributed by atoms with Gasteiger partial charge in [-0.15, -0.1) is 5.10 Å². The molecule has 2 aliphatic rings. The Labute approximate surface area is 198 Å². The molecular weight excluding hydrogens is 428 g/mol. The monoisotopic (exact) mass is 454 g/mol. The summed E-state index contributed by atoms with van der Waals surface area (Å²) in [6.45, 7) is 4.58. The van der Waals surface area contributed by atoms with Crippen molar-refractivity contribution in [3.63, 3.8) is 0 Å². The predicted octanol–water partition coefficient (Wildman–Crippen LogP) is 3.36. The second-order valence-corrected chi connectivity index (χ2v) is 8.55. The van der Waals surface area contributed by atoms with Crippen LogP contribution < -0.4 is 14.4 Å². The van der Waals surface area contributed by atoms with Gasteiger partial charge in [0, 0.05) is 31.9 Å². The molecule has 8 nitrogen and oxygen atoms in total. The average molecular weight is 455 g/mol. The van der Waals surface area contributed by atoms with Crippen molar-refractivity contribution in [1.29, 1.82) is 0 Å². The number of rotatable bonds is 6. The lowest BCUT2D eigenvalue weighted by Gasteiger charge is -2.39. The van der Waals surface area contributed by atoms with Crippen LogP contribution in [0, 0.1) is 0 Å². The fourth-order valence-corrected chi connectivity index (χ4v) is 4.77. The largest absolute Gasteiger partial charge is 0.454 e. The Morgan fingerprint density at radius 2 is 1.53 bits per heavy atom. The Morgan fingerprint density at radius 1 is 0.794 bits per heavy atom. The van der Waals surface area contributed by atoms with Crippen LogP contribution in [0.2, 0.25) is 0 Å². The van der Waals surface area contributed by atoms with Crippen LogP contribution in [0.3, 0.4) is 0 Å². The molecule has 0 bridgehead atoms. The summed E-state index contributed by atoms with van der Waals surface area (Å²) in [5.41, 5.74) is 3.53. The van der Waals surface area contributed by atoms with Gasteiger partial charge in [0.05, 0.1) is 12.6 Å². The maximum atomic E-state index is 5.55. The number of benzene rings is 3. The highest BCUT2D eigenvalue weighted by molar-refractivity contribution is 5.47. The lowest BCUT2D eigenvalue weighted by Crippen LogP contribution is -2.48. The Hall–Kier alpha value is -3.91. The molecule has 1 atom stereocenters. The number of fused-ring (bicyclic) bond motifs is 1. The third-order valence-corrected chi connectivity index (χ3v) is 6.49. The minimum absolute atomic E-state index is 0.0249. The molecule has 34 heavy (non-hydrogen) atoms. The molecule has 1 saturated heterocycles. The zero-order chi connectivity index (χ0) is 22.7. The molecule has 0 unspecified atom stereocenters. The first-order valence-electron chi connectivity index (χ1n) is 11.6. The van der Waals surface area contributed by atoms with Gasteiger partial charge in [0.25, 0.3) is 0 Å². The molecule has 8 heteroatoms. The van der Waals surface area contributed by atoms with Gasteiger partial charge < -0.3 is 14.4 Å². The minimum Gasteiger partial charge on any atom is -0.454 e. The maximum absolute atomic E-state index is 5.55. The normalized spacial score (nSPS) is 16.5. The lowest BCUT2D eigenvalue weighted by molar-refractivity contribution is 0.174. The van der Waals surface area contributed by atoms with Gasteiger partial charge in [-0.25, -0.2) is 4.68 Å². The number of aromatic nitrogens is 4. The molecule has 3 heterocycles. The summed E-state index contributed by atoms with van der Waals surface area (Å²) in [5, 5.41) is 12.9. The number of hydrogen-bond donors (Lipinski definition) is 0. The second kappa shape index (κ2) is 9.15. The molecule has 0 radical (unpaired) electrons. The van der Waals surface area contributed by atoms with E-state index >= 15 is 0 Å². The van der Waals surface area contributed by atoms with Crippen LogP contribution in [-0.2, 0) is 6.54 Å². The van der Waals surface area contributed by atoms with E-state index in [1.807, 2.05) is 28.9 Å². The Kier molecular flexibility index (Phi) is 5.56. The molecule has 0 N–H and O–H groups in total. The molecule has 2 aliphatic heterocycles. The number of para-hydroxylation sites is 1. The van der Waals surface area contributed by atoms with Crippen molar-refractivity contribution >= 4 is 5.69 Å². The van der Waals surface area contributed by atoms with E-state index in [2.05, 4.69) is 79.9 Å². The Morgan fingerprint density at radius 3 is 2.32 bits per heavy atom. The fraction of sp³-hybridized carbons (Fsp3) is 0.269. The van der Waals surface area contributed by atoms with E-state index in [1.54, 1.807) is 0 Å². The minimum atomic E-state index is -0.0249. The molecular formula is C26H26N6O2. The summed E-state index contributed by atoms with van der Waals surface area (Å²) >= 11 is 0. The number of tetrazole rings is 1. The molecule has 0 aliphatic carbocycles. The van der Waals surface area contributed by atoms with E-state index in [-0.39, 0.29) is 12.8 Å². The zero-order valence-electron chi connectivity index (χ0n) is 18.8. The highest BCUT2D eigenvalue weighted by Crippen LogP contribution is 2.33. The van der Waals surface area contributed by atoms with Gasteiger partial charge >= 0.3 is 0 Å². The Balaban J connectivity index is 1.27. The van der Waals surface area contributed by atoms with Crippen LogP contribution in [0.1, 0.15) is 23.0 Å². The van der Waals surface area contributed by atoms with Crippen LogP contribution in [0.15, 0.2) is 78.9 Å². The van der Waals surface area contributed by atoms with Gasteiger partial charge in [-0.2, -0.15) is 0 Å². The number of ether oxygens (including phenoxy) is 2. The average Bonchev–Trinajstić information content (AvgIpc) is 3.55. The number of piperazine rings is 1. The molecule has 4 aromatic rings. The molecule has 0 amide bonds. The van der Waals surface area contributed by atoms with Gasteiger partial charge in [-0.3, -0.25) is 4.90 Å². The quantitative estimate of drug-likeness (QED) is 0.443. The van der Waals surface area contributed by atoms with Crippen LogP contribution >= 0.6 is 0 Å². The SMILES string of the molecule is c1ccc([C@@H](c2nnnn2Cc2ccc3c(c2)OCO3)N2CCN(c3ccccc3)CC2)cc1. The summed E-state index contributed by atoms with van der Waals surface area (Å²) in [5.74, 6) is 2.39. The van der Waals surface area contributed by atoms with Crippen LogP contribution in [0.25, 0.3) is 0 Å². The third-order valence-electron chi connectivity index (χ3n) is 6.49. The van der Waals surface area contributed by atoms with E-state index in [0.29, 0.717) is 6.54 Å². The summed E-state index contributed by atoms with van der Waals surface area (Å²) in [6, 6.07) is 27.1. The van der Waals surface area contributed by atoms with Crippen LogP contribution in [0.5, 0.6) is 11.5 Å². The molecule has 3 aromatic carbocycles. The van der Waals surface area contributed by atoms with Gasteiger partial charge in [0.15, 0.2) is 17.3 Å². The Bertz CT molecular complexity index is 1240. The number of nitrogens with zero attached hydrogens (tertiary/aromatic N) is 6. The van der Waals surface area contributed by atoms with E-state index in [1.165, 1.54) is 11.3 Å². The lowest BCUT2D eigenvalue weighted by atomic mass is 10.0. The molecule has 6 rings (SSSR count). The molecule has 0 saturated carbocycles. The van der Waals surface area contributed by atoms with Crippen molar-refractivity contribution in [2.75, 3.05) is 37.9 Å². The number of anilines is 1.